The third kappa shape index (κ3) is 2.82. The molecule has 0 saturated carbocycles. The Morgan fingerprint density at radius 1 is 1.27 bits per heavy atom. The van der Waals surface area contributed by atoms with E-state index in [2.05, 4.69) is 26.3 Å². The molecule has 0 aliphatic rings. The fourth-order valence-corrected chi connectivity index (χ4v) is 2.63. The van der Waals surface area contributed by atoms with Crippen LogP contribution in [-0.2, 0) is 0 Å². The van der Waals surface area contributed by atoms with Gasteiger partial charge in [0.05, 0.1) is 22.1 Å². The minimum Gasteiger partial charge on any atom is -0.458 e. The Morgan fingerprint density at radius 3 is 2.73 bits per heavy atom. The van der Waals surface area contributed by atoms with E-state index in [9.17, 15) is 4.79 Å². The largest absolute Gasteiger partial charge is 0.458 e. The molecule has 112 valence electrons. The second kappa shape index (κ2) is 5.81. The first-order valence-electron chi connectivity index (χ1n) is 6.72. The minimum absolute atomic E-state index is 0.247. The summed E-state index contributed by atoms with van der Waals surface area (Å²) in [6, 6.07) is 11.2. The lowest BCUT2D eigenvalue weighted by Gasteiger charge is -2.08. The number of aromatic nitrogens is 2. The van der Waals surface area contributed by atoms with Crippen molar-refractivity contribution in [2.45, 2.75) is 13.8 Å². The van der Waals surface area contributed by atoms with E-state index >= 15 is 0 Å². The van der Waals surface area contributed by atoms with Crippen molar-refractivity contribution in [1.82, 2.24) is 9.78 Å². The fourth-order valence-electron chi connectivity index (χ4n) is 2.25. The number of carbonyl (C=O) groups is 1. The van der Waals surface area contributed by atoms with Crippen LogP contribution in [0.4, 0.5) is 5.69 Å². The molecule has 0 unspecified atom stereocenters. The smallest absolute Gasteiger partial charge is 0.292 e. The standard InChI is InChI=1S/C16H14BrN3O2/c1-10-8-11(2)20(19-10)13-5-3-4-12(9-13)18-16(21)15-14(17)6-7-22-15/h3-9H,1-2H3,(H,18,21). The fraction of sp³-hybridized carbons (Fsp3) is 0.125. The molecule has 5 nitrogen and oxygen atoms in total. The summed E-state index contributed by atoms with van der Waals surface area (Å²) in [6.07, 6.45) is 1.46. The molecule has 6 heteroatoms. The van der Waals surface area contributed by atoms with Gasteiger partial charge in [0, 0.05) is 11.4 Å². The number of hydrogen-bond acceptors (Lipinski definition) is 3. The maximum absolute atomic E-state index is 12.2. The normalized spacial score (nSPS) is 10.7. The Labute approximate surface area is 136 Å². The molecule has 0 bridgehead atoms. The number of amides is 1. The topological polar surface area (TPSA) is 60.1 Å². The zero-order chi connectivity index (χ0) is 15.7. The second-order valence-electron chi connectivity index (χ2n) is 4.94. The molecule has 2 aromatic heterocycles. The van der Waals surface area contributed by atoms with Crippen molar-refractivity contribution < 1.29 is 9.21 Å². The molecular weight excluding hydrogens is 346 g/mol. The summed E-state index contributed by atoms with van der Waals surface area (Å²) in [5, 5.41) is 7.26. The number of carbonyl (C=O) groups excluding carboxylic acids is 1. The zero-order valence-electron chi connectivity index (χ0n) is 12.1. The number of rotatable bonds is 3. The Bertz CT molecular complexity index is 836. The van der Waals surface area contributed by atoms with Crippen molar-refractivity contribution in [3.8, 4) is 5.69 Å². The molecule has 1 amide bonds. The van der Waals surface area contributed by atoms with Crippen LogP contribution >= 0.6 is 15.9 Å². The number of benzene rings is 1. The molecular formula is C16H14BrN3O2. The summed E-state index contributed by atoms with van der Waals surface area (Å²) in [7, 11) is 0. The number of furan rings is 1. The Morgan fingerprint density at radius 2 is 2.09 bits per heavy atom. The average Bonchev–Trinajstić information content (AvgIpc) is 3.04. The van der Waals surface area contributed by atoms with Crippen LogP contribution in [0.15, 0.2) is 51.6 Å². The lowest BCUT2D eigenvalue weighted by molar-refractivity contribution is 0.0995. The molecule has 3 rings (SSSR count). The van der Waals surface area contributed by atoms with Gasteiger partial charge in [-0.2, -0.15) is 5.10 Å². The van der Waals surface area contributed by atoms with E-state index in [1.165, 1.54) is 6.26 Å². The summed E-state index contributed by atoms with van der Waals surface area (Å²) < 4.78 is 7.62. The van der Waals surface area contributed by atoms with Gasteiger partial charge in [0.1, 0.15) is 0 Å². The molecule has 0 aliphatic heterocycles. The number of anilines is 1. The molecule has 0 atom stereocenters. The third-order valence-electron chi connectivity index (χ3n) is 3.18. The van der Waals surface area contributed by atoms with Crippen molar-refractivity contribution in [2.75, 3.05) is 5.32 Å². The molecule has 3 aromatic rings. The highest BCUT2D eigenvalue weighted by Gasteiger charge is 2.14. The molecule has 22 heavy (non-hydrogen) atoms. The molecule has 1 aromatic carbocycles. The third-order valence-corrected chi connectivity index (χ3v) is 3.81. The summed E-state index contributed by atoms with van der Waals surface area (Å²) in [5.41, 5.74) is 3.56. The van der Waals surface area contributed by atoms with Crippen molar-refractivity contribution in [3.63, 3.8) is 0 Å². The van der Waals surface area contributed by atoms with E-state index < -0.39 is 0 Å². The van der Waals surface area contributed by atoms with E-state index in [0.717, 1.165) is 17.1 Å². The predicted molar refractivity (Wildman–Crippen MR) is 87.4 cm³/mol. The van der Waals surface area contributed by atoms with Gasteiger partial charge in [-0.3, -0.25) is 4.79 Å². The molecule has 0 spiro atoms. The molecule has 0 radical (unpaired) electrons. The minimum atomic E-state index is -0.303. The van der Waals surface area contributed by atoms with Gasteiger partial charge >= 0.3 is 0 Å². The van der Waals surface area contributed by atoms with E-state index in [1.54, 1.807) is 6.07 Å². The molecule has 0 aliphatic carbocycles. The number of nitrogens with zero attached hydrogens (tertiary/aromatic N) is 2. The van der Waals surface area contributed by atoms with Gasteiger partial charge in [0.2, 0.25) is 5.76 Å². The van der Waals surface area contributed by atoms with Gasteiger partial charge in [0.15, 0.2) is 0 Å². The first-order valence-corrected chi connectivity index (χ1v) is 7.52. The van der Waals surface area contributed by atoms with Crippen LogP contribution < -0.4 is 5.32 Å². The lowest BCUT2D eigenvalue weighted by atomic mass is 10.2. The molecule has 0 fully saturated rings. The maximum Gasteiger partial charge on any atom is 0.292 e. The SMILES string of the molecule is Cc1cc(C)n(-c2cccc(NC(=O)c3occc3Br)c2)n1. The quantitative estimate of drug-likeness (QED) is 0.765. The Hall–Kier alpha value is -2.34. The molecule has 2 heterocycles. The summed E-state index contributed by atoms with van der Waals surface area (Å²) in [4.78, 5) is 12.2. The van der Waals surface area contributed by atoms with Crippen LogP contribution in [0, 0.1) is 13.8 Å². The van der Waals surface area contributed by atoms with Gasteiger partial charge in [-0.25, -0.2) is 4.68 Å². The van der Waals surface area contributed by atoms with Gasteiger partial charge in [-0.1, -0.05) is 6.07 Å². The highest BCUT2D eigenvalue weighted by molar-refractivity contribution is 9.10. The number of aryl methyl sites for hydroxylation is 2. The Balaban J connectivity index is 1.87. The summed E-state index contributed by atoms with van der Waals surface area (Å²) in [6.45, 7) is 3.94. The van der Waals surface area contributed by atoms with Gasteiger partial charge in [-0.15, -0.1) is 0 Å². The second-order valence-corrected chi connectivity index (χ2v) is 5.80. The van der Waals surface area contributed by atoms with Crippen LogP contribution in [0.3, 0.4) is 0 Å². The van der Waals surface area contributed by atoms with Crippen LogP contribution in [0.1, 0.15) is 21.9 Å². The highest BCUT2D eigenvalue weighted by atomic mass is 79.9. The molecule has 0 saturated heterocycles. The predicted octanol–water partition coefficient (Wildman–Crippen LogP) is 4.10. The summed E-state index contributed by atoms with van der Waals surface area (Å²) in [5.74, 6) is -0.0566. The highest BCUT2D eigenvalue weighted by Crippen LogP contribution is 2.21. The van der Waals surface area contributed by atoms with Crippen LogP contribution in [0.2, 0.25) is 0 Å². The number of hydrogen-bond donors (Lipinski definition) is 1. The van der Waals surface area contributed by atoms with Crippen molar-refractivity contribution in [2.24, 2.45) is 0 Å². The van der Waals surface area contributed by atoms with Gasteiger partial charge in [-0.05, 0) is 60.1 Å². The van der Waals surface area contributed by atoms with E-state index in [0.29, 0.717) is 10.2 Å². The first-order chi connectivity index (χ1) is 10.5. The number of nitrogens with one attached hydrogen (secondary N) is 1. The van der Waals surface area contributed by atoms with Crippen molar-refractivity contribution >= 4 is 27.5 Å². The van der Waals surface area contributed by atoms with E-state index in [4.69, 9.17) is 4.42 Å². The van der Waals surface area contributed by atoms with Gasteiger partial charge in [0.25, 0.3) is 5.91 Å². The Kier molecular flexibility index (Phi) is 3.85. The van der Waals surface area contributed by atoms with Crippen LogP contribution in [-0.4, -0.2) is 15.7 Å². The first kappa shape index (κ1) is 14.6. The van der Waals surface area contributed by atoms with Crippen molar-refractivity contribution in [1.29, 1.82) is 0 Å². The summed E-state index contributed by atoms with van der Waals surface area (Å²) >= 11 is 3.28. The maximum atomic E-state index is 12.2. The van der Waals surface area contributed by atoms with Crippen LogP contribution in [0.5, 0.6) is 0 Å². The lowest BCUT2D eigenvalue weighted by Crippen LogP contribution is -2.12. The van der Waals surface area contributed by atoms with Crippen molar-refractivity contribution in [3.05, 3.63) is 64.3 Å². The van der Waals surface area contributed by atoms with Crippen LogP contribution in [0.25, 0.3) is 5.69 Å². The average molecular weight is 360 g/mol. The number of halogens is 1. The van der Waals surface area contributed by atoms with E-state index in [1.807, 2.05) is 48.9 Å². The van der Waals surface area contributed by atoms with Gasteiger partial charge < -0.3 is 9.73 Å². The molecule has 1 N–H and O–H groups in total. The monoisotopic (exact) mass is 359 g/mol. The zero-order valence-corrected chi connectivity index (χ0v) is 13.7. The van der Waals surface area contributed by atoms with E-state index in [-0.39, 0.29) is 11.7 Å².